The van der Waals surface area contributed by atoms with Crippen LogP contribution < -0.4 is 0 Å². The average Bonchev–Trinajstić information content (AvgIpc) is 3.20. The molecule has 0 spiro atoms. The summed E-state index contributed by atoms with van der Waals surface area (Å²) in [5.41, 5.74) is -0.0203. The van der Waals surface area contributed by atoms with Gasteiger partial charge in [-0.3, -0.25) is 4.79 Å². The Labute approximate surface area is 362 Å². The number of rotatable bonds is 50. The first-order valence-electron chi connectivity index (χ1n) is 21.9. The molecule has 360 valence electrons. The van der Waals surface area contributed by atoms with E-state index in [2.05, 4.69) is 20.8 Å². The highest BCUT2D eigenvalue weighted by molar-refractivity contribution is 5.83. The van der Waals surface area contributed by atoms with Crippen LogP contribution in [-0.2, 0) is 80.6 Å². The monoisotopic (exact) mass is 875 g/mol. The molecule has 0 aromatic heterocycles. The molecule has 0 aromatic rings. The Morgan fingerprint density at radius 1 is 0.250 bits per heavy atom. The third-order valence-corrected chi connectivity index (χ3v) is 7.89. The first-order chi connectivity index (χ1) is 29.1. The Morgan fingerprint density at radius 2 is 0.400 bits per heavy atom. The minimum absolute atomic E-state index is 0.200. The fourth-order valence-electron chi connectivity index (χ4n) is 4.32. The van der Waals surface area contributed by atoms with E-state index in [1.807, 2.05) is 20.8 Å². The molecular formula is C43H86O17. The van der Waals surface area contributed by atoms with Crippen LogP contribution in [0, 0.1) is 10.8 Å². The van der Waals surface area contributed by atoms with Crippen LogP contribution in [0.4, 0.5) is 0 Å². The standard InChI is InChI=1S/C43H86O17/c1-42(2,3)8-10-46-12-14-48-16-18-50-20-22-52-24-26-54-28-30-56-32-34-58-36-38-60-40-39-59-37-35-57-33-31-55-29-27-53-25-23-51-21-19-49-17-15-47-13-11-45-9-7-41(44)43(4,5)6/h7-40H2,1-6H3. The van der Waals surface area contributed by atoms with E-state index in [4.69, 9.17) is 75.8 Å². The Kier molecular flexibility index (Phi) is 45.3. The number of hydrogen-bond acceptors (Lipinski definition) is 17. The molecule has 17 nitrogen and oxygen atoms in total. The van der Waals surface area contributed by atoms with E-state index >= 15 is 0 Å². The van der Waals surface area contributed by atoms with Crippen molar-refractivity contribution in [2.45, 2.75) is 54.4 Å². The number of ether oxygens (including phenoxy) is 16. The number of hydrogen-bond donors (Lipinski definition) is 0. The highest BCUT2D eigenvalue weighted by Crippen LogP contribution is 2.18. The lowest BCUT2D eigenvalue weighted by Gasteiger charge is -2.17. The second-order valence-corrected chi connectivity index (χ2v) is 15.5. The van der Waals surface area contributed by atoms with E-state index in [0.29, 0.717) is 217 Å². The summed E-state index contributed by atoms with van der Waals surface area (Å²) in [5.74, 6) is 0.200. The van der Waals surface area contributed by atoms with Crippen molar-refractivity contribution < 1.29 is 80.6 Å². The van der Waals surface area contributed by atoms with Crippen molar-refractivity contribution in [2.24, 2.45) is 10.8 Å². The quantitative estimate of drug-likeness (QED) is 0.0813. The lowest BCUT2D eigenvalue weighted by atomic mass is 9.89. The summed E-state index contributed by atoms with van der Waals surface area (Å²) in [6.07, 6.45) is 1.47. The first-order valence-corrected chi connectivity index (χ1v) is 21.9. The van der Waals surface area contributed by atoms with Crippen LogP contribution in [0.5, 0.6) is 0 Å². The van der Waals surface area contributed by atoms with E-state index in [-0.39, 0.29) is 11.2 Å². The second-order valence-electron chi connectivity index (χ2n) is 15.5. The summed E-state index contributed by atoms with van der Waals surface area (Å²) in [6.45, 7) is 28.8. The molecule has 60 heavy (non-hydrogen) atoms. The van der Waals surface area contributed by atoms with Gasteiger partial charge in [-0.1, -0.05) is 41.5 Å². The van der Waals surface area contributed by atoms with Gasteiger partial charge in [0.2, 0.25) is 0 Å². The second kappa shape index (κ2) is 46.0. The van der Waals surface area contributed by atoms with Crippen molar-refractivity contribution >= 4 is 5.78 Å². The first kappa shape index (κ1) is 59.0. The highest BCUT2D eigenvalue weighted by Gasteiger charge is 2.20. The molecule has 0 aromatic carbocycles. The van der Waals surface area contributed by atoms with Gasteiger partial charge >= 0.3 is 0 Å². The number of ketones is 1. The molecule has 0 radical (unpaired) electrons. The predicted octanol–water partition coefficient (Wildman–Crippen LogP) is 3.69. The van der Waals surface area contributed by atoms with Crippen molar-refractivity contribution in [3.05, 3.63) is 0 Å². The summed E-state index contributed by atoms with van der Waals surface area (Å²) in [4.78, 5) is 11.8. The van der Waals surface area contributed by atoms with Gasteiger partial charge in [0.1, 0.15) is 5.78 Å². The summed E-state index contributed by atoms with van der Waals surface area (Å²) < 4.78 is 87.9. The molecule has 0 heterocycles. The third kappa shape index (κ3) is 51.4. The average molecular weight is 875 g/mol. The topological polar surface area (TPSA) is 165 Å². The van der Waals surface area contributed by atoms with E-state index in [1.165, 1.54) is 0 Å². The molecule has 0 aliphatic rings. The molecule has 0 unspecified atom stereocenters. The zero-order valence-corrected chi connectivity index (χ0v) is 38.5. The number of carbonyl (C=O) groups excluding carboxylic acids is 1. The van der Waals surface area contributed by atoms with Crippen LogP contribution >= 0.6 is 0 Å². The fraction of sp³-hybridized carbons (Fsp3) is 0.977. The molecule has 0 N–H and O–H groups in total. The maximum atomic E-state index is 11.8. The van der Waals surface area contributed by atoms with Gasteiger partial charge < -0.3 is 75.8 Å². The van der Waals surface area contributed by atoms with Gasteiger partial charge in [0.25, 0.3) is 0 Å². The predicted molar refractivity (Wildman–Crippen MR) is 226 cm³/mol. The molecule has 17 heteroatoms. The summed E-state index contributed by atoms with van der Waals surface area (Å²) in [6, 6.07) is 0. The zero-order chi connectivity index (χ0) is 43.9. The fourth-order valence-corrected chi connectivity index (χ4v) is 4.32. The van der Waals surface area contributed by atoms with Crippen LogP contribution in [0.2, 0.25) is 0 Å². The van der Waals surface area contributed by atoms with Crippen LogP contribution in [0.1, 0.15) is 54.4 Å². The Bertz CT molecular complexity index is 856. The summed E-state index contributed by atoms with van der Waals surface area (Å²) in [7, 11) is 0. The third-order valence-electron chi connectivity index (χ3n) is 7.89. The SMILES string of the molecule is CC(C)(C)CCOCCOCCOCCOCCOCCOCCOCCOCCOCCOCCOCCOCCOCCOCCOCCOCCC(=O)C(C)(C)C. The smallest absolute Gasteiger partial charge is 0.140 e. The Balaban J connectivity index is 3.10. The molecule has 0 rings (SSSR count). The van der Waals surface area contributed by atoms with E-state index in [0.717, 1.165) is 13.0 Å². The van der Waals surface area contributed by atoms with Crippen molar-refractivity contribution in [2.75, 3.05) is 211 Å². The highest BCUT2D eigenvalue weighted by atomic mass is 16.6. The molecule has 0 saturated heterocycles. The van der Waals surface area contributed by atoms with E-state index < -0.39 is 0 Å². The molecule has 0 fully saturated rings. The molecule has 0 aliphatic heterocycles. The van der Waals surface area contributed by atoms with Crippen molar-refractivity contribution in [1.29, 1.82) is 0 Å². The van der Waals surface area contributed by atoms with Crippen molar-refractivity contribution in [3.8, 4) is 0 Å². The van der Waals surface area contributed by atoms with Gasteiger partial charge in [-0.05, 0) is 11.8 Å². The maximum Gasteiger partial charge on any atom is 0.140 e. The summed E-state index contributed by atoms with van der Waals surface area (Å²) >= 11 is 0. The summed E-state index contributed by atoms with van der Waals surface area (Å²) in [5, 5.41) is 0. The van der Waals surface area contributed by atoms with E-state index in [1.54, 1.807) is 0 Å². The normalized spacial score (nSPS) is 12.2. The van der Waals surface area contributed by atoms with Crippen molar-refractivity contribution in [3.63, 3.8) is 0 Å². The Hall–Kier alpha value is -0.970. The van der Waals surface area contributed by atoms with Gasteiger partial charge in [0.15, 0.2) is 0 Å². The molecular weight excluding hydrogens is 788 g/mol. The lowest BCUT2D eigenvalue weighted by Crippen LogP contribution is -2.22. The van der Waals surface area contributed by atoms with Gasteiger partial charge in [-0.15, -0.1) is 0 Å². The number of carbonyl (C=O) groups is 1. The van der Waals surface area contributed by atoms with Crippen LogP contribution in [0.3, 0.4) is 0 Å². The maximum absolute atomic E-state index is 11.8. The molecule has 0 atom stereocenters. The van der Waals surface area contributed by atoms with Gasteiger partial charge in [-0.25, -0.2) is 0 Å². The van der Waals surface area contributed by atoms with Crippen molar-refractivity contribution in [1.82, 2.24) is 0 Å². The zero-order valence-electron chi connectivity index (χ0n) is 38.5. The van der Waals surface area contributed by atoms with Gasteiger partial charge in [-0.2, -0.15) is 0 Å². The van der Waals surface area contributed by atoms with Gasteiger partial charge in [0.05, 0.1) is 205 Å². The molecule has 0 amide bonds. The largest absolute Gasteiger partial charge is 0.379 e. The molecule has 0 saturated carbocycles. The lowest BCUT2D eigenvalue weighted by molar-refractivity contribution is -0.127. The molecule has 0 bridgehead atoms. The molecule has 0 aliphatic carbocycles. The Morgan fingerprint density at radius 3 is 0.550 bits per heavy atom. The minimum atomic E-state index is -0.318. The minimum Gasteiger partial charge on any atom is -0.379 e. The number of Topliss-reactive ketones (excluding diaryl/α,β-unsaturated/α-hetero) is 1. The van der Waals surface area contributed by atoms with Crippen LogP contribution in [0.25, 0.3) is 0 Å². The van der Waals surface area contributed by atoms with E-state index in [9.17, 15) is 4.79 Å². The van der Waals surface area contributed by atoms with Crippen LogP contribution in [-0.4, -0.2) is 217 Å². The van der Waals surface area contributed by atoms with Gasteiger partial charge in [0, 0.05) is 18.4 Å². The van der Waals surface area contributed by atoms with Crippen LogP contribution in [0.15, 0.2) is 0 Å².